The maximum Gasteiger partial charge on any atom is 0.215 e. The molecule has 0 N–H and O–H groups in total. The van der Waals surface area contributed by atoms with Crippen LogP contribution in [0.3, 0.4) is 0 Å². The van der Waals surface area contributed by atoms with Crippen LogP contribution in [0.2, 0.25) is 10.0 Å². The summed E-state index contributed by atoms with van der Waals surface area (Å²) in [5.41, 5.74) is 6.65. The quantitative estimate of drug-likeness (QED) is 0.450. The van der Waals surface area contributed by atoms with Crippen molar-refractivity contribution in [3.8, 4) is 5.75 Å². The predicted octanol–water partition coefficient (Wildman–Crippen LogP) is 6.85. The summed E-state index contributed by atoms with van der Waals surface area (Å²) in [4.78, 5) is 0. The van der Waals surface area contributed by atoms with E-state index in [1.807, 2.05) is 47.5 Å². The van der Waals surface area contributed by atoms with E-state index in [2.05, 4.69) is 32.0 Å². The lowest BCUT2D eigenvalue weighted by molar-refractivity contribution is -0.0189. The smallest absolute Gasteiger partial charge is 0.215 e. The van der Waals surface area contributed by atoms with E-state index in [9.17, 15) is 0 Å². The number of benzene rings is 3. The number of halogens is 2. The molecule has 0 saturated carbocycles. The number of rotatable bonds is 2. The summed E-state index contributed by atoms with van der Waals surface area (Å²) in [6.45, 7) is 4.23. The van der Waals surface area contributed by atoms with E-state index in [0.717, 1.165) is 29.0 Å². The van der Waals surface area contributed by atoms with E-state index < -0.39 is 0 Å². The Morgan fingerprint density at radius 1 is 0.966 bits per heavy atom. The predicted molar refractivity (Wildman–Crippen MR) is 118 cm³/mol. The second kappa shape index (κ2) is 7.08. The minimum atomic E-state index is -0.384. The molecule has 3 aromatic rings. The molecule has 0 aliphatic carbocycles. The van der Waals surface area contributed by atoms with Gasteiger partial charge in [-0.1, -0.05) is 59.1 Å². The Morgan fingerprint density at radius 2 is 1.79 bits per heavy atom. The molecule has 29 heavy (non-hydrogen) atoms. The second-order valence-corrected chi connectivity index (χ2v) is 8.48. The maximum absolute atomic E-state index is 6.52. The molecule has 0 radical (unpaired) electrons. The van der Waals surface area contributed by atoms with Crippen LogP contribution in [0, 0.1) is 13.8 Å². The van der Waals surface area contributed by atoms with Crippen molar-refractivity contribution < 1.29 is 4.74 Å². The molecule has 3 nitrogen and oxygen atoms in total. The van der Waals surface area contributed by atoms with Crippen LogP contribution in [-0.4, -0.2) is 10.7 Å². The third-order valence-electron chi connectivity index (χ3n) is 5.63. The molecule has 0 saturated heterocycles. The van der Waals surface area contributed by atoms with Crippen LogP contribution in [0.5, 0.6) is 5.75 Å². The monoisotopic (exact) mass is 422 g/mol. The highest BCUT2D eigenvalue weighted by Crippen LogP contribution is 2.49. The SMILES string of the molecule is Cc1ccc(C)c(C2=NN3[C@@H](c4ccccc4Cl)Oc4ccc(Cl)cc4[C@@H]3C2)c1. The number of ether oxygens (including phenoxy) is 1. The summed E-state index contributed by atoms with van der Waals surface area (Å²) in [6, 6.07) is 20.1. The summed E-state index contributed by atoms with van der Waals surface area (Å²) in [5.74, 6) is 0.831. The molecule has 146 valence electrons. The van der Waals surface area contributed by atoms with Crippen molar-refractivity contribution in [1.29, 1.82) is 0 Å². The van der Waals surface area contributed by atoms with E-state index >= 15 is 0 Å². The zero-order valence-electron chi connectivity index (χ0n) is 16.2. The molecule has 2 aliphatic heterocycles. The van der Waals surface area contributed by atoms with Gasteiger partial charge in [0.15, 0.2) is 0 Å². The van der Waals surface area contributed by atoms with Gasteiger partial charge in [-0.15, -0.1) is 0 Å². The molecular weight excluding hydrogens is 403 g/mol. The van der Waals surface area contributed by atoms with E-state index in [1.165, 1.54) is 16.7 Å². The highest BCUT2D eigenvalue weighted by Gasteiger charge is 2.41. The molecule has 0 amide bonds. The number of hydrogen-bond donors (Lipinski definition) is 0. The first-order chi connectivity index (χ1) is 14.0. The number of hydrazone groups is 1. The van der Waals surface area contributed by atoms with Crippen molar-refractivity contribution in [2.24, 2.45) is 5.10 Å². The lowest BCUT2D eigenvalue weighted by Gasteiger charge is -2.38. The van der Waals surface area contributed by atoms with E-state index in [4.69, 9.17) is 33.0 Å². The highest BCUT2D eigenvalue weighted by atomic mass is 35.5. The molecule has 5 heteroatoms. The summed E-state index contributed by atoms with van der Waals surface area (Å²) in [7, 11) is 0. The van der Waals surface area contributed by atoms with Gasteiger partial charge in [-0.3, -0.25) is 0 Å². The Labute approximate surface area is 180 Å². The molecule has 0 bridgehead atoms. The van der Waals surface area contributed by atoms with Crippen molar-refractivity contribution in [3.05, 3.63) is 98.5 Å². The van der Waals surface area contributed by atoms with Crippen LogP contribution in [0.1, 0.15) is 46.5 Å². The van der Waals surface area contributed by atoms with Gasteiger partial charge in [0, 0.05) is 33.2 Å². The van der Waals surface area contributed by atoms with E-state index in [0.29, 0.717) is 10.0 Å². The minimum Gasteiger partial charge on any atom is -0.464 e. The van der Waals surface area contributed by atoms with Crippen LogP contribution in [-0.2, 0) is 0 Å². The number of fused-ring (bicyclic) bond motifs is 3. The van der Waals surface area contributed by atoms with Crippen molar-refractivity contribution in [2.75, 3.05) is 0 Å². The first kappa shape index (κ1) is 18.5. The normalized spacial score (nSPS) is 20.0. The standard InChI is InChI=1S/C24H20Cl2N2O/c1-14-7-8-15(2)18(11-14)21-13-22-19-12-16(25)9-10-23(19)29-24(28(22)27-21)17-5-3-4-6-20(17)26/h3-12,22,24H,13H2,1-2H3/t22-,24+/m0/s1. The lowest BCUT2D eigenvalue weighted by Crippen LogP contribution is -2.33. The molecular formula is C24H20Cl2N2O. The second-order valence-electron chi connectivity index (χ2n) is 7.64. The Balaban J connectivity index is 1.65. The Kier molecular flexibility index (Phi) is 4.53. The van der Waals surface area contributed by atoms with Gasteiger partial charge in [0.1, 0.15) is 5.75 Å². The first-order valence-electron chi connectivity index (χ1n) is 9.65. The van der Waals surface area contributed by atoms with Gasteiger partial charge in [-0.25, -0.2) is 5.01 Å². The summed E-state index contributed by atoms with van der Waals surface area (Å²) in [6.07, 6.45) is 0.409. The largest absolute Gasteiger partial charge is 0.464 e. The molecule has 2 atom stereocenters. The Hall–Kier alpha value is -2.49. The van der Waals surface area contributed by atoms with Crippen LogP contribution in [0.15, 0.2) is 65.8 Å². The highest BCUT2D eigenvalue weighted by molar-refractivity contribution is 6.31. The average molecular weight is 423 g/mol. The molecule has 2 heterocycles. The molecule has 0 unspecified atom stereocenters. The fourth-order valence-corrected chi connectivity index (χ4v) is 4.56. The third kappa shape index (κ3) is 3.19. The maximum atomic E-state index is 6.52. The molecule has 0 spiro atoms. The first-order valence-corrected chi connectivity index (χ1v) is 10.4. The molecule has 0 fully saturated rings. The van der Waals surface area contributed by atoms with Crippen molar-refractivity contribution in [3.63, 3.8) is 0 Å². The van der Waals surface area contributed by atoms with Gasteiger partial charge >= 0.3 is 0 Å². The summed E-state index contributed by atoms with van der Waals surface area (Å²) in [5, 5.41) is 8.44. The summed E-state index contributed by atoms with van der Waals surface area (Å²) < 4.78 is 6.38. The zero-order chi connectivity index (χ0) is 20.1. The van der Waals surface area contributed by atoms with E-state index in [-0.39, 0.29) is 12.3 Å². The van der Waals surface area contributed by atoms with Crippen LogP contribution in [0.25, 0.3) is 0 Å². The average Bonchev–Trinajstić information content (AvgIpc) is 3.15. The Bertz CT molecular complexity index is 1140. The number of hydrogen-bond acceptors (Lipinski definition) is 3. The minimum absolute atomic E-state index is 0.0497. The molecule has 3 aromatic carbocycles. The van der Waals surface area contributed by atoms with Crippen molar-refractivity contribution >= 4 is 28.9 Å². The number of nitrogens with zero attached hydrogens (tertiary/aromatic N) is 2. The van der Waals surface area contributed by atoms with Gasteiger partial charge in [-0.05, 0) is 49.7 Å². The van der Waals surface area contributed by atoms with Gasteiger partial charge < -0.3 is 4.74 Å². The van der Waals surface area contributed by atoms with Gasteiger partial charge in [0.25, 0.3) is 0 Å². The van der Waals surface area contributed by atoms with Crippen LogP contribution < -0.4 is 4.74 Å². The zero-order valence-corrected chi connectivity index (χ0v) is 17.7. The van der Waals surface area contributed by atoms with E-state index in [1.54, 1.807) is 0 Å². The fraction of sp³-hybridized carbons (Fsp3) is 0.208. The summed E-state index contributed by atoms with van der Waals surface area (Å²) >= 11 is 12.8. The molecule has 5 rings (SSSR count). The molecule has 2 aliphatic rings. The van der Waals surface area contributed by atoms with Crippen molar-refractivity contribution in [2.45, 2.75) is 32.5 Å². The Morgan fingerprint density at radius 3 is 2.62 bits per heavy atom. The van der Waals surface area contributed by atoms with Crippen LogP contribution >= 0.6 is 23.2 Å². The lowest BCUT2D eigenvalue weighted by atomic mass is 9.93. The third-order valence-corrected chi connectivity index (χ3v) is 6.21. The van der Waals surface area contributed by atoms with Crippen LogP contribution in [0.4, 0.5) is 0 Å². The van der Waals surface area contributed by atoms with Gasteiger partial charge in [-0.2, -0.15) is 5.10 Å². The number of aryl methyl sites for hydroxylation is 2. The molecule has 0 aromatic heterocycles. The van der Waals surface area contributed by atoms with Gasteiger partial charge in [0.2, 0.25) is 6.23 Å². The fourth-order valence-electron chi connectivity index (χ4n) is 4.15. The topological polar surface area (TPSA) is 24.8 Å². The van der Waals surface area contributed by atoms with Crippen molar-refractivity contribution in [1.82, 2.24) is 5.01 Å². The van der Waals surface area contributed by atoms with Gasteiger partial charge in [0.05, 0.1) is 11.8 Å².